The van der Waals surface area contributed by atoms with E-state index >= 15 is 0 Å². The number of fused-ring (bicyclic) bond motifs is 3. The van der Waals surface area contributed by atoms with Crippen LogP contribution in [-0.2, 0) is 10.8 Å². The van der Waals surface area contributed by atoms with Crippen LogP contribution in [0.5, 0.6) is 5.75 Å². The third kappa shape index (κ3) is 6.83. The lowest BCUT2D eigenvalue weighted by Crippen LogP contribution is -2.16. The van der Waals surface area contributed by atoms with E-state index in [0.717, 1.165) is 61.6 Å². The summed E-state index contributed by atoms with van der Waals surface area (Å²) < 4.78 is 2.27. The number of phenols is 1. The number of hydrogen-bond acceptors (Lipinski definition) is 4. The molecule has 5 heteroatoms. The van der Waals surface area contributed by atoms with Gasteiger partial charge in [-0.3, -0.25) is 9.55 Å². The van der Waals surface area contributed by atoms with Gasteiger partial charge in [0.15, 0.2) is 0 Å². The summed E-state index contributed by atoms with van der Waals surface area (Å²) in [6.45, 7) is 13.6. The molecule has 0 radical (unpaired) electrons. The smallest absolute Gasteiger partial charge is 0.137 e. The molecule has 4 aromatic heterocycles. The molecule has 5 nitrogen and oxygen atoms in total. The lowest BCUT2D eigenvalue weighted by atomic mass is 9.79. The summed E-state index contributed by atoms with van der Waals surface area (Å²) >= 11 is 0. The summed E-state index contributed by atoms with van der Waals surface area (Å²) in [6.07, 6.45) is 3.74. The molecule has 0 aliphatic heterocycles. The van der Waals surface area contributed by atoms with Crippen molar-refractivity contribution in [1.29, 1.82) is 0 Å². The highest BCUT2D eigenvalue weighted by atomic mass is 16.3. The van der Waals surface area contributed by atoms with Gasteiger partial charge in [-0.1, -0.05) is 133 Å². The zero-order valence-electron chi connectivity index (χ0n) is 33.8. The fraction of sp³-hybridized carbons (Fsp3) is 0.151. The van der Waals surface area contributed by atoms with E-state index in [1.54, 1.807) is 6.07 Å². The number of pyridine rings is 3. The number of nitrogens with zero attached hydrogens (tertiary/aromatic N) is 4. The predicted molar refractivity (Wildman–Crippen MR) is 240 cm³/mol. The quantitative estimate of drug-likeness (QED) is 0.184. The van der Waals surface area contributed by atoms with Crippen LogP contribution < -0.4 is 0 Å². The molecule has 0 saturated carbocycles. The van der Waals surface area contributed by atoms with Gasteiger partial charge >= 0.3 is 0 Å². The van der Waals surface area contributed by atoms with Gasteiger partial charge < -0.3 is 5.11 Å². The molecule has 9 aromatic rings. The van der Waals surface area contributed by atoms with E-state index in [2.05, 4.69) is 161 Å². The Hall–Kier alpha value is -6.85. The molecule has 5 aromatic carbocycles. The molecular formula is C53H46N4O. The molecule has 0 saturated heterocycles. The fourth-order valence-corrected chi connectivity index (χ4v) is 7.90. The first kappa shape index (κ1) is 36.8. The molecule has 0 spiro atoms. The minimum absolute atomic E-state index is 0.0389. The lowest BCUT2D eigenvalue weighted by molar-refractivity contribution is 0.477. The molecule has 0 aliphatic carbocycles. The Balaban J connectivity index is 1.19. The van der Waals surface area contributed by atoms with Gasteiger partial charge in [-0.25, -0.2) is 9.97 Å². The number of aromatic nitrogens is 4. The summed E-state index contributed by atoms with van der Waals surface area (Å²) in [5, 5.41) is 13.4. The molecule has 0 aliphatic rings. The van der Waals surface area contributed by atoms with Gasteiger partial charge in [-0.2, -0.15) is 0 Å². The van der Waals surface area contributed by atoms with Crippen molar-refractivity contribution in [3.63, 3.8) is 0 Å². The fourth-order valence-electron chi connectivity index (χ4n) is 7.90. The van der Waals surface area contributed by atoms with Crippen LogP contribution in [0.25, 0.3) is 83.6 Å². The van der Waals surface area contributed by atoms with Crippen molar-refractivity contribution in [1.82, 2.24) is 19.5 Å². The van der Waals surface area contributed by atoms with Gasteiger partial charge in [0.25, 0.3) is 0 Å². The van der Waals surface area contributed by atoms with Gasteiger partial charge in [0, 0.05) is 45.4 Å². The van der Waals surface area contributed by atoms with Crippen LogP contribution in [0.15, 0.2) is 164 Å². The maximum absolute atomic E-state index is 11.0. The average molecular weight is 755 g/mol. The SMILES string of the molecule is CC(C)(C)c1cc(-c2cc(-c3cccc(-c4cc(-c5cccc6c7ccccc7n(-c7ccccn7)c56)ccn4)c3)nc(-c3ccccc3O)c2)cc(C(C)(C)C)c1. The van der Waals surface area contributed by atoms with Crippen molar-refractivity contribution in [2.24, 2.45) is 0 Å². The molecule has 58 heavy (non-hydrogen) atoms. The molecule has 0 atom stereocenters. The zero-order valence-corrected chi connectivity index (χ0v) is 33.8. The van der Waals surface area contributed by atoms with Crippen LogP contribution in [0.4, 0.5) is 0 Å². The maximum Gasteiger partial charge on any atom is 0.137 e. The van der Waals surface area contributed by atoms with Crippen molar-refractivity contribution in [2.75, 3.05) is 0 Å². The second-order valence-electron chi connectivity index (χ2n) is 17.2. The van der Waals surface area contributed by atoms with Crippen molar-refractivity contribution in [3.8, 4) is 67.6 Å². The van der Waals surface area contributed by atoms with Crippen LogP contribution >= 0.6 is 0 Å². The Bertz CT molecular complexity index is 2950. The third-order valence-electron chi connectivity index (χ3n) is 11.1. The highest BCUT2D eigenvalue weighted by Gasteiger charge is 2.22. The first-order valence-electron chi connectivity index (χ1n) is 19.9. The number of phenolic OH excluding ortho intramolecular Hbond substituents is 1. The highest BCUT2D eigenvalue weighted by molar-refractivity contribution is 6.13. The van der Waals surface area contributed by atoms with Gasteiger partial charge in [-0.15, -0.1) is 0 Å². The van der Waals surface area contributed by atoms with Gasteiger partial charge in [0.2, 0.25) is 0 Å². The second-order valence-corrected chi connectivity index (χ2v) is 17.2. The van der Waals surface area contributed by atoms with E-state index < -0.39 is 0 Å². The minimum Gasteiger partial charge on any atom is -0.507 e. The highest BCUT2D eigenvalue weighted by Crippen LogP contribution is 2.40. The van der Waals surface area contributed by atoms with E-state index in [4.69, 9.17) is 15.0 Å². The van der Waals surface area contributed by atoms with Crippen molar-refractivity contribution >= 4 is 21.8 Å². The molecule has 0 fully saturated rings. The predicted octanol–water partition coefficient (Wildman–Crippen LogP) is 13.6. The topological polar surface area (TPSA) is 63.8 Å². The number of hydrogen-bond donors (Lipinski definition) is 1. The zero-order chi connectivity index (χ0) is 40.2. The molecular weight excluding hydrogens is 709 g/mol. The van der Waals surface area contributed by atoms with Crippen molar-refractivity contribution in [2.45, 2.75) is 52.4 Å². The van der Waals surface area contributed by atoms with E-state index in [1.165, 1.54) is 21.9 Å². The van der Waals surface area contributed by atoms with Crippen molar-refractivity contribution in [3.05, 3.63) is 175 Å². The van der Waals surface area contributed by atoms with E-state index in [0.29, 0.717) is 11.3 Å². The monoisotopic (exact) mass is 754 g/mol. The van der Waals surface area contributed by atoms with Crippen LogP contribution in [0, 0.1) is 0 Å². The Morgan fingerprint density at radius 3 is 1.81 bits per heavy atom. The molecule has 9 rings (SSSR count). The largest absolute Gasteiger partial charge is 0.507 e. The molecule has 0 amide bonds. The minimum atomic E-state index is -0.0389. The standard InChI is InChI=1S/C53H46N4O/c1-52(2,3)39-28-37(29-40(33-39)53(4,5)6)38-31-46(56-47(32-38)44-18-8-10-22-49(44)58)36-16-13-15-35(27-36)45-30-34(24-26-54-45)41-19-14-20-43-42-17-7-9-21-48(42)57(51(41)43)50-23-11-12-25-55-50/h7-33,58H,1-6H3. The first-order valence-corrected chi connectivity index (χ1v) is 19.9. The Morgan fingerprint density at radius 1 is 0.448 bits per heavy atom. The van der Waals surface area contributed by atoms with Gasteiger partial charge in [0.05, 0.1) is 28.1 Å². The van der Waals surface area contributed by atoms with E-state index in [-0.39, 0.29) is 16.6 Å². The van der Waals surface area contributed by atoms with Crippen LogP contribution in [0.2, 0.25) is 0 Å². The molecule has 0 unspecified atom stereocenters. The summed E-state index contributed by atoms with van der Waals surface area (Å²) in [6, 6.07) is 52.5. The van der Waals surface area contributed by atoms with Gasteiger partial charge in [-0.05, 0) is 99.3 Å². The Labute approximate surface area is 340 Å². The maximum atomic E-state index is 11.0. The molecule has 284 valence electrons. The summed E-state index contributed by atoms with van der Waals surface area (Å²) in [4.78, 5) is 14.9. The van der Waals surface area contributed by atoms with Gasteiger partial charge in [0.1, 0.15) is 11.6 Å². The van der Waals surface area contributed by atoms with Crippen molar-refractivity contribution < 1.29 is 5.11 Å². The number of benzene rings is 5. The normalized spacial score (nSPS) is 12.0. The first-order chi connectivity index (χ1) is 27.9. The molecule has 1 N–H and O–H groups in total. The Kier molecular flexibility index (Phi) is 9.04. The molecule has 4 heterocycles. The second kappa shape index (κ2) is 14.3. The van der Waals surface area contributed by atoms with E-state index in [1.807, 2.05) is 42.7 Å². The number of rotatable bonds is 6. The van der Waals surface area contributed by atoms with Crippen LogP contribution in [0.1, 0.15) is 52.7 Å². The Morgan fingerprint density at radius 2 is 1.07 bits per heavy atom. The average Bonchev–Trinajstić information content (AvgIpc) is 3.58. The van der Waals surface area contributed by atoms with E-state index in [9.17, 15) is 5.11 Å². The summed E-state index contributed by atoms with van der Waals surface area (Å²) in [7, 11) is 0. The summed E-state index contributed by atoms with van der Waals surface area (Å²) in [5.74, 6) is 1.07. The lowest BCUT2D eigenvalue weighted by Gasteiger charge is -2.26. The number of para-hydroxylation sites is 3. The summed E-state index contributed by atoms with van der Waals surface area (Å²) in [5.41, 5.74) is 14.1. The number of aromatic hydroxyl groups is 1. The molecule has 0 bridgehead atoms. The van der Waals surface area contributed by atoms with Crippen LogP contribution in [0.3, 0.4) is 0 Å². The third-order valence-corrected chi connectivity index (χ3v) is 11.1. The van der Waals surface area contributed by atoms with Crippen LogP contribution in [-0.4, -0.2) is 24.6 Å².